The third kappa shape index (κ3) is 5.96. The Morgan fingerprint density at radius 3 is 2.43 bits per heavy atom. The van der Waals surface area contributed by atoms with Crippen molar-refractivity contribution in [3.63, 3.8) is 0 Å². The Bertz CT molecular complexity index is 1550. The lowest BCUT2D eigenvalue weighted by Crippen LogP contribution is -2.54. The highest BCUT2D eigenvalue weighted by Crippen LogP contribution is 2.40. The van der Waals surface area contributed by atoms with E-state index in [-0.39, 0.29) is 18.6 Å². The molecule has 0 saturated carbocycles. The van der Waals surface area contributed by atoms with Crippen molar-refractivity contribution in [2.24, 2.45) is 5.73 Å². The monoisotopic (exact) mass is 568 g/mol. The first kappa shape index (κ1) is 28.8. The van der Waals surface area contributed by atoms with Crippen LogP contribution in [0.5, 0.6) is 17.2 Å². The van der Waals surface area contributed by atoms with Crippen LogP contribution in [0.3, 0.4) is 0 Å². The van der Waals surface area contributed by atoms with E-state index >= 15 is 0 Å². The maximum Gasteiger partial charge on any atom is 0.256 e. The largest absolute Gasteiger partial charge is 0.493 e. The molecule has 42 heavy (non-hydrogen) atoms. The van der Waals surface area contributed by atoms with Gasteiger partial charge >= 0.3 is 0 Å². The molecule has 1 fully saturated rings. The number of aromatic nitrogens is 1. The number of rotatable bonds is 10. The minimum Gasteiger partial charge on any atom is -0.493 e. The van der Waals surface area contributed by atoms with Crippen molar-refractivity contribution in [2.75, 3.05) is 40.5 Å². The van der Waals surface area contributed by atoms with Crippen LogP contribution in [0.4, 0.5) is 0 Å². The number of nitrogens with zero attached hydrogens (tertiary/aromatic N) is 2. The summed E-state index contributed by atoms with van der Waals surface area (Å²) in [6.45, 7) is 3.80. The normalized spacial score (nSPS) is 14.8. The number of piperazine rings is 1. The van der Waals surface area contributed by atoms with Crippen LogP contribution in [0, 0.1) is 6.92 Å². The lowest BCUT2D eigenvalue weighted by molar-refractivity contribution is -0.119. The summed E-state index contributed by atoms with van der Waals surface area (Å²) >= 11 is 0. The molecule has 5 rings (SSSR count). The first-order chi connectivity index (χ1) is 20.4. The maximum atomic E-state index is 14.5. The Morgan fingerprint density at radius 1 is 0.976 bits per heavy atom. The molecular formula is C33H36N4O5. The number of benzene rings is 3. The Labute approximate surface area is 245 Å². The third-order valence-electron chi connectivity index (χ3n) is 7.47. The number of ether oxygens (including phenoxy) is 3. The highest BCUT2D eigenvalue weighted by Gasteiger charge is 2.32. The van der Waals surface area contributed by atoms with Gasteiger partial charge in [0.2, 0.25) is 0 Å². The van der Waals surface area contributed by atoms with Crippen LogP contribution in [0.25, 0.3) is 16.9 Å². The van der Waals surface area contributed by atoms with Gasteiger partial charge in [0.25, 0.3) is 11.8 Å². The fraction of sp³-hybridized carbons (Fsp3) is 0.273. The quantitative estimate of drug-likeness (QED) is 0.300. The molecule has 9 nitrogen and oxygen atoms in total. The van der Waals surface area contributed by atoms with Crippen LogP contribution in [0.1, 0.15) is 21.6 Å². The average molecular weight is 569 g/mol. The molecule has 4 aromatic rings. The first-order valence-corrected chi connectivity index (χ1v) is 13.9. The van der Waals surface area contributed by atoms with Gasteiger partial charge in [-0.25, -0.2) is 0 Å². The van der Waals surface area contributed by atoms with Gasteiger partial charge in [-0.05, 0) is 66.9 Å². The first-order valence-electron chi connectivity index (χ1n) is 13.9. The van der Waals surface area contributed by atoms with Crippen LogP contribution >= 0.6 is 0 Å². The molecule has 9 heteroatoms. The van der Waals surface area contributed by atoms with Crippen molar-refractivity contribution in [1.29, 1.82) is 0 Å². The summed E-state index contributed by atoms with van der Waals surface area (Å²) in [6.07, 6.45) is 0.754. The highest BCUT2D eigenvalue weighted by atomic mass is 16.5. The molecule has 218 valence electrons. The second-order valence-electron chi connectivity index (χ2n) is 10.2. The standard InChI is InChI=1S/C33H36N4O5/c1-22-18-27(33(39)36-17-16-35-20-25(36)19-23-8-5-4-6-9-23)31(24-12-14-26(15-13-24)42-21-30(34)38)37(22)28-10-7-11-29(40-2)32(28)41-3/h4-15,18,25,35H,16-17,19-21H2,1-3H3,(H2,34,38)/t25-/m1/s1. The molecule has 0 spiro atoms. The third-order valence-corrected chi connectivity index (χ3v) is 7.47. The maximum absolute atomic E-state index is 14.5. The number of nitrogens with two attached hydrogens (primary N) is 1. The lowest BCUT2D eigenvalue weighted by atomic mass is 10.0. The number of hydrogen-bond acceptors (Lipinski definition) is 6. The van der Waals surface area contributed by atoms with Gasteiger partial charge in [0.05, 0.1) is 31.2 Å². The Hall–Kier alpha value is -4.76. The zero-order valence-corrected chi connectivity index (χ0v) is 24.1. The fourth-order valence-corrected chi connectivity index (χ4v) is 5.56. The molecule has 2 amide bonds. The van der Waals surface area contributed by atoms with Gasteiger partial charge in [-0.1, -0.05) is 36.4 Å². The smallest absolute Gasteiger partial charge is 0.256 e. The molecule has 1 aliphatic heterocycles. The van der Waals surface area contributed by atoms with E-state index in [1.54, 1.807) is 26.4 Å². The van der Waals surface area contributed by atoms with E-state index in [4.69, 9.17) is 19.9 Å². The number of amides is 2. The highest BCUT2D eigenvalue weighted by molar-refractivity contribution is 6.01. The topological polar surface area (TPSA) is 108 Å². The van der Waals surface area contributed by atoms with E-state index in [1.807, 2.05) is 71.0 Å². The molecule has 1 aliphatic rings. The van der Waals surface area contributed by atoms with Gasteiger partial charge in [-0.15, -0.1) is 0 Å². The van der Waals surface area contributed by atoms with Gasteiger partial charge in [-0.3, -0.25) is 9.59 Å². The van der Waals surface area contributed by atoms with E-state index in [0.29, 0.717) is 35.9 Å². The van der Waals surface area contributed by atoms with Gasteiger partial charge in [0.1, 0.15) is 5.75 Å². The van der Waals surface area contributed by atoms with Crippen molar-refractivity contribution < 1.29 is 23.8 Å². The number of primary amides is 1. The lowest BCUT2D eigenvalue weighted by Gasteiger charge is -2.36. The summed E-state index contributed by atoms with van der Waals surface area (Å²) < 4.78 is 18.9. The molecule has 2 heterocycles. The number of carbonyl (C=O) groups excluding carboxylic acids is 2. The van der Waals surface area contributed by atoms with E-state index in [0.717, 1.165) is 35.6 Å². The van der Waals surface area contributed by atoms with E-state index in [2.05, 4.69) is 17.4 Å². The Morgan fingerprint density at radius 2 is 1.74 bits per heavy atom. The zero-order valence-electron chi connectivity index (χ0n) is 24.1. The van der Waals surface area contributed by atoms with E-state index in [9.17, 15) is 9.59 Å². The summed E-state index contributed by atoms with van der Waals surface area (Å²) in [5.41, 5.74) is 10.2. The van der Waals surface area contributed by atoms with Crippen LogP contribution in [-0.2, 0) is 11.2 Å². The molecule has 0 aliphatic carbocycles. The van der Waals surface area contributed by atoms with Gasteiger partial charge in [-0.2, -0.15) is 0 Å². The average Bonchev–Trinajstić information content (AvgIpc) is 3.36. The summed E-state index contributed by atoms with van der Waals surface area (Å²) in [5, 5.41) is 3.46. The molecule has 3 aromatic carbocycles. The second-order valence-corrected chi connectivity index (χ2v) is 10.2. The van der Waals surface area contributed by atoms with E-state index < -0.39 is 5.91 Å². The Kier molecular flexibility index (Phi) is 8.78. The minimum absolute atomic E-state index is 0.00101. The van der Waals surface area contributed by atoms with Crippen molar-refractivity contribution in [1.82, 2.24) is 14.8 Å². The van der Waals surface area contributed by atoms with Crippen molar-refractivity contribution in [2.45, 2.75) is 19.4 Å². The molecule has 1 aromatic heterocycles. The molecule has 3 N–H and O–H groups in total. The summed E-state index contributed by atoms with van der Waals surface area (Å²) in [4.78, 5) is 27.7. The molecular weight excluding hydrogens is 532 g/mol. The van der Waals surface area contributed by atoms with Crippen LogP contribution in [0.15, 0.2) is 78.9 Å². The van der Waals surface area contributed by atoms with Gasteiger partial charge in [0.15, 0.2) is 18.1 Å². The number of carbonyl (C=O) groups is 2. The number of para-hydroxylation sites is 1. The molecule has 0 bridgehead atoms. The minimum atomic E-state index is -0.553. The summed E-state index contributed by atoms with van der Waals surface area (Å²) in [6, 6.07) is 25.2. The summed E-state index contributed by atoms with van der Waals surface area (Å²) in [5.74, 6) is 1.06. The molecule has 0 unspecified atom stereocenters. The Balaban J connectivity index is 1.62. The van der Waals surface area contributed by atoms with E-state index in [1.165, 1.54) is 5.56 Å². The molecule has 1 atom stereocenters. The zero-order chi connectivity index (χ0) is 29.6. The predicted molar refractivity (Wildman–Crippen MR) is 162 cm³/mol. The van der Waals surface area contributed by atoms with Crippen LogP contribution < -0.4 is 25.3 Å². The molecule has 1 saturated heterocycles. The predicted octanol–water partition coefficient (Wildman–Crippen LogP) is 3.99. The van der Waals surface area contributed by atoms with Gasteiger partial charge < -0.3 is 34.7 Å². The number of aryl methyl sites for hydroxylation is 1. The summed E-state index contributed by atoms with van der Waals surface area (Å²) in [7, 11) is 3.20. The van der Waals surface area contributed by atoms with Crippen LogP contribution in [-0.4, -0.2) is 67.8 Å². The number of hydrogen-bond donors (Lipinski definition) is 2. The second kappa shape index (κ2) is 12.8. The van der Waals surface area contributed by atoms with Crippen LogP contribution in [0.2, 0.25) is 0 Å². The van der Waals surface area contributed by atoms with Crippen molar-refractivity contribution >= 4 is 11.8 Å². The van der Waals surface area contributed by atoms with Gasteiger partial charge in [0, 0.05) is 31.4 Å². The number of methoxy groups -OCH3 is 2. The molecule has 0 radical (unpaired) electrons. The number of nitrogens with one attached hydrogen (secondary N) is 1. The fourth-order valence-electron chi connectivity index (χ4n) is 5.56. The van der Waals surface area contributed by atoms with Crippen molar-refractivity contribution in [3.05, 3.63) is 95.7 Å². The van der Waals surface area contributed by atoms with Crippen molar-refractivity contribution in [3.8, 4) is 34.2 Å². The SMILES string of the molecule is COc1cccc(-n2c(C)cc(C(=O)N3CCNC[C@H]3Cc3ccccc3)c2-c2ccc(OCC(N)=O)cc2)c1OC.